The number of nitrogen functional groups attached to an aromatic ring is 1. The highest BCUT2D eigenvalue weighted by Gasteiger charge is 2.26. The summed E-state index contributed by atoms with van der Waals surface area (Å²) >= 11 is 0. The summed E-state index contributed by atoms with van der Waals surface area (Å²) in [6, 6.07) is 6.46. The molecule has 1 aliphatic rings. The molecule has 0 radical (unpaired) electrons. The van der Waals surface area contributed by atoms with Gasteiger partial charge in [-0.25, -0.2) is 13.1 Å². The lowest BCUT2D eigenvalue weighted by Crippen LogP contribution is -2.40. The van der Waals surface area contributed by atoms with Gasteiger partial charge in [0.05, 0.1) is 4.90 Å². The van der Waals surface area contributed by atoms with Gasteiger partial charge in [0.15, 0.2) is 0 Å². The predicted octanol–water partition coefficient (Wildman–Crippen LogP) is 2.13. The van der Waals surface area contributed by atoms with Crippen molar-refractivity contribution in [2.24, 2.45) is 5.92 Å². The molecule has 1 aromatic carbocycles. The molecule has 3 N–H and O–H groups in total. The summed E-state index contributed by atoms with van der Waals surface area (Å²) in [7, 11) is -3.45. The molecule has 5 heteroatoms. The molecule has 0 aromatic heterocycles. The summed E-state index contributed by atoms with van der Waals surface area (Å²) < 4.78 is 27.3. The first-order valence-corrected chi connectivity index (χ1v) is 7.85. The van der Waals surface area contributed by atoms with Crippen LogP contribution in [-0.4, -0.2) is 14.5 Å². The third kappa shape index (κ3) is 3.03. The number of rotatable bonds is 3. The van der Waals surface area contributed by atoms with Gasteiger partial charge in [-0.05, 0) is 37.0 Å². The van der Waals surface area contributed by atoms with Crippen molar-refractivity contribution < 1.29 is 8.42 Å². The van der Waals surface area contributed by atoms with E-state index in [2.05, 4.69) is 11.6 Å². The summed E-state index contributed by atoms with van der Waals surface area (Å²) in [5, 5.41) is 0. The Hall–Kier alpha value is -1.07. The molecule has 1 fully saturated rings. The van der Waals surface area contributed by atoms with Gasteiger partial charge in [-0.15, -0.1) is 0 Å². The molecule has 1 aliphatic carbocycles. The Labute approximate surface area is 109 Å². The highest BCUT2D eigenvalue weighted by atomic mass is 32.2. The molecular weight excluding hydrogens is 248 g/mol. The summed E-state index contributed by atoms with van der Waals surface area (Å²) in [5.41, 5.74) is 6.09. The molecule has 2 atom stereocenters. The van der Waals surface area contributed by atoms with E-state index in [1.807, 2.05) is 0 Å². The van der Waals surface area contributed by atoms with E-state index in [4.69, 9.17) is 5.73 Å². The monoisotopic (exact) mass is 268 g/mol. The van der Waals surface area contributed by atoms with Gasteiger partial charge in [0, 0.05) is 11.7 Å². The van der Waals surface area contributed by atoms with E-state index in [1.165, 1.54) is 12.5 Å². The van der Waals surface area contributed by atoms with Crippen LogP contribution in [0.15, 0.2) is 29.2 Å². The molecule has 1 aromatic rings. The Kier molecular flexibility index (Phi) is 3.92. The van der Waals surface area contributed by atoms with Crippen LogP contribution in [0.25, 0.3) is 0 Å². The maximum absolute atomic E-state index is 12.2. The minimum atomic E-state index is -3.45. The van der Waals surface area contributed by atoms with Crippen LogP contribution in [0.5, 0.6) is 0 Å². The summed E-state index contributed by atoms with van der Waals surface area (Å²) in [5.74, 6) is 0.398. The fourth-order valence-corrected chi connectivity index (χ4v) is 3.87. The van der Waals surface area contributed by atoms with Gasteiger partial charge in [0.25, 0.3) is 0 Å². The first kappa shape index (κ1) is 13.4. The number of nitrogens with two attached hydrogens (primary N) is 1. The van der Waals surface area contributed by atoms with Crippen molar-refractivity contribution in [3.8, 4) is 0 Å². The minimum absolute atomic E-state index is 0.0465. The number of hydrogen-bond acceptors (Lipinski definition) is 3. The van der Waals surface area contributed by atoms with Crippen molar-refractivity contribution >= 4 is 15.7 Å². The van der Waals surface area contributed by atoms with Crippen molar-refractivity contribution in [2.45, 2.75) is 43.5 Å². The topological polar surface area (TPSA) is 72.2 Å². The normalized spacial score (nSPS) is 24.9. The molecule has 2 rings (SSSR count). The van der Waals surface area contributed by atoms with Gasteiger partial charge in [-0.2, -0.15) is 0 Å². The van der Waals surface area contributed by atoms with Crippen LogP contribution < -0.4 is 10.5 Å². The first-order chi connectivity index (χ1) is 8.49. The molecule has 100 valence electrons. The average molecular weight is 268 g/mol. The number of benzene rings is 1. The minimum Gasteiger partial charge on any atom is -0.399 e. The van der Waals surface area contributed by atoms with E-state index in [9.17, 15) is 8.42 Å². The van der Waals surface area contributed by atoms with Crippen LogP contribution in [0.4, 0.5) is 5.69 Å². The largest absolute Gasteiger partial charge is 0.399 e. The van der Waals surface area contributed by atoms with Crippen LogP contribution in [0.3, 0.4) is 0 Å². The van der Waals surface area contributed by atoms with Gasteiger partial charge >= 0.3 is 0 Å². The SMILES string of the molecule is C[C@@H]1CCCC[C@@H]1NS(=O)(=O)c1cccc(N)c1. The third-order valence-corrected chi connectivity index (χ3v) is 5.07. The van der Waals surface area contributed by atoms with Crippen molar-refractivity contribution in [1.82, 2.24) is 4.72 Å². The van der Waals surface area contributed by atoms with Crippen LogP contribution in [-0.2, 0) is 10.0 Å². The van der Waals surface area contributed by atoms with Crippen molar-refractivity contribution in [2.75, 3.05) is 5.73 Å². The highest BCUT2D eigenvalue weighted by molar-refractivity contribution is 7.89. The molecular formula is C13H20N2O2S. The molecule has 0 saturated heterocycles. The number of anilines is 1. The summed E-state index contributed by atoms with van der Waals surface area (Å²) in [6.45, 7) is 2.10. The number of hydrogen-bond donors (Lipinski definition) is 2. The molecule has 0 heterocycles. The summed E-state index contributed by atoms with van der Waals surface area (Å²) in [4.78, 5) is 0.250. The van der Waals surface area contributed by atoms with Gasteiger partial charge in [0.1, 0.15) is 0 Å². The maximum Gasteiger partial charge on any atom is 0.240 e. The maximum atomic E-state index is 12.2. The van der Waals surface area contributed by atoms with Gasteiger partial charge in [-0.1, -0.05) is 25.8 Å². The van der Waals surface area contributed by atoms with Gasteiger partial charge in [-0.3, -0.25) is 0 Å². The molecule has 18 heavy (non-hydrogen) atoms. The Balaban J connectivity index is 2.16. The van der Waals surface area contributed by atoms with Crippen LogP contribution in [0.1, 0.15) is 32.6 Å². The summed E-state index contributed by atoms with van der Waals surface area (Å²) in [6.07, 6.45) is 4.29. The van der Waals surface area contributed by atoms with E-state index in [0.717, 1.165) is 19.3 Å². The second kappa shape index (κ2) is 5.28. The molecule has 4 nitrogen and oxygen atoms in total. The fraction of sp³-hybridized carbons (Fsp3) is 0.538. The van der Waals surface area contributed by atoms with Crippen LogP contribution in [0.2, 0.25) is 0 Å². The highest BCUT2D eigenvalue weighted by Crippen LogP contribution is 2.25. The first-order valence-electron chi connectivity index (χ1n) is 6.37. The Morgan fingerprint density at radius 3 is 2.67 bits per heavy atom. The molecule has 0 bridgehead atoms. The van der Waals surface area contributed by atoms with Crippen molar-refractivity contribution in [3.63, 3.8) is 0 Å². The van der Waals surface area contributed by atoms with E-state index in [1.54, 1.807) is 18.2 Å². The molecule has 0 unspecified atom stereocenters. The third-order valence-electron chi connectivity index (χ3n) is 3.59. The van der Waals surface area contributed by atoms with E-state index < -0.39 is 10.0 Å². The predicted molar refractivity (Wildman–Crippen MR) is 72.6 cm³/mol. The van der Waals surface area contributed by atoms with Crippen LogP contribution in [0, 0.1) is 5.92 Å². The van der Waals surface area contributed by atoms with Gasteiger partial charge in [0.2, 0.25) is 10.0 Å². The average Bonchev–Trinajstić information content (AvgIpc) is 2.32. The quantitative estimate of drug-likeness (QED) is 0.825. The van der Waals surface area contributed by atoms with Crippen molar-refractivity contribution in [1.29, 1.82) is 0 Å². The Morgan fingerprint density at radius 2 is 2.00 bits per heavy atom. The van der Waals surface area contributed by atoms with E-state index >= 15 is 0 Å². The number of sulfonamides is 1. The zero-order valence-corrected chi connectivity index (χ0v) is 11.4. The van der Waals surface area contributed by atoms with Gasteiger partial charge < -0.3 is 5.73 Å². The molecule has 0 amide bonds. The Morgan fingerprint density at radius 1 is 1.28 bits per heavy atom. The molecule has 0 spiro atoms. The lowest BCUT2D eigenvalue weighted by molar-refractivity contribution is 0.310. The second-order valence-corrected chi connectivity index (χ2v) is 6.78. The van der Waals surface area contributed by atoms with Crippen LogP contribution >= 0.6 is 0 Å². The van der Waals surface area contributed by atoms with Crippen molar-refractivity contribution in [3.05, 3.63) is 24.3 Å². The molecule has 1 saturated carbocycles. The lowest BCUT2D eigenvalue weighted by atomic mass is 9.87. The second-order valence-electron chi connectivity index (χ2n) is 5.06. The Bertz CT molecular complexity index is 513. The number of nitrogens with one attached hydrogen (secondary N) is 1. The zero-order valence-electron chi connectivity index (χ0n) is 10.6. The lowest BCUT2D eigenvalue weighted by Gasteiger charge is -2.29. The zero-order chi connectivity index (χ0) is 13.2. The smallest absolute Gasteiger partial charge is 0.240 e. The molecule has 0 aliphatic heterocycles. The standard InChI is InChI=1S/C13H20N2O2S/c1-10-5-2-3-8-13(10)15-18(16,17)12-7-4-6-11(14)9-12/h4,6-7,9-10,13,15H,2-3,5,8,14H2,1H3/t10-,13+/m1/s1. The van der Waals surface area contributed by atoms with E-state index in [-0.39, 0.29) is 10.9 Å². The van der Waals surface area contributed by atoms with E-state index in [0.29, 0.717) is 11.6 Å². The fourth-order valence-electron chi connectivity index (χ4n) is 2.44.